The molecule has 0 spiro atoms. The number of amides is 2. The predicted octanol–water partition coefficient (Wildman–Crippen LogP) is 6.25. The van der Waals surface area contributed by atoms with Crippen LogP contribution in [-0.2, 0) is 0 Å². The summed E-state index contributed by atoms with van der Waals surface area (Å²) < 4.78 is 11.3. The van der Waals surface area contributed by atoms with E-state index in [4.69, 9.17) is 20.9 Å². The van der Waals surface area contributed by atoms with E-state index in [1.54, 1.807) is 61.3 Å². The maximum Gasteiger partial charge on any atom is 0.261 e. The molecule has 170 valence electrons. The summed E-state index contributed by atoms with van der Waals surface area (Å²) in [4.78, 5) is 28.0. The first kappa shape index (κ1) is 21.7. The van der Waals surface area contributed by atoms with Crippen LogP contribution in [0.1, 0.15) is 32.0 Å². The highest BCUT2D eigenvalue weighted by Gasteiger charge is 2.27. The molecule has 1 N–H and O–H groups in total. The van der Waals surface area contributed by atoms with E-state index in [0.29, 0.717) is 50.5 Å². The molecule has 2 heterocycles. The Morgan fingerprint density at radius 2 is 1.76 bits per heavy atom. The van der Waals surface area contributed by atoms with Crippen molar-refractivity contribution in [1.82, 2.24) is 5.16 Å². The van der Waals surface area contributed by atoms with Crippen molar-refractivity contribution in [3.8, 4) is 22.8 Å². The minimum Gasteiger partial charge on any atom is -0.454 e. The average Bonchev–Trinajstić information content (AvgIpc) is 3.17. The van der Waals surface area contributed by atoms with E-state index in [1.165, 1.54) is 0 Å². The number of fused-ring (bicyclic) bond motifs is 2. The summed E-state index contributed by atoms with van der Waals surface area (Å²) in [6, 6.07) is 17.7. The van der Waals surface area contributed by atoms with Crippen molar-refractivity contribution in [2.45, 2.75) is 13.8 Å². The second kappa shape index (κ2) is 8.35. The molecule has 8 heteroatoms. The molecule has 0 saturated heterocycles. The maximum absolute atomic E-state index is 13.2. The SMILES string of the molecule is Cc1ccc2c(c1)N(C)C(=O)c1cc(NC(=O)c3c(-c4ccccc4Cl)noc3C)ccc1O2. The van der Waals surface area contributed by atoms with Crippen molar-refractivity contribution >= 4 is 34.8 Å². The number of hydrogen-bond acceptors (Lipinski definition) is 5. The number of carbonyl (C=O) groups excluding carboxylic acids is 2. The Bertz CT molecular complexity index is 1460. The highest BCUT2D eigenvalue weighted by atomic mass is 35.5. The summed E-state index contributed by atoms with van der Waals surface area (Å²) >= 11 is 6.31. The van der Waals surface area contributed by atoms with Gasteiger partial charge in [-0.05, 0) is 55.8 Å². The molecule has 1 aliphatic rings. The third-order valence-corrected chi connectivity index (χ3v) is 6.02. The van der Waals surface area contributed by atoms with Crippen molar-refractivity contribution in [2.75, 3.05) is 17.3 Å². The van der Waals surface area contributed by atoms with Crippen LogP contribution in [0.5, 0.6) is 11.5 Å². The van der Waals surface area contributed by atoms with Crippen LogP contribution in [0.15, 0.2) is 65.2 Å². The van der Waals surface area contributed by atoms with Gasteiger partial charge in [-0.15, -0.1) is 0 Å². The van der Waals surface area contributed by atoms with Crippen LogP contribution in [0.4, 0.5) is 11.4 Å². The van der Waals surface area contributed by atoms with Gasteiger partial charge < -0.3 is 19.5 Å². The Morgan fingerprint density at radius 1 is 1.00 bits per heavy atom. The molecule has 0 radical (unpaired) electrons. The highest BCUT2D eigenvalue weighted by Crippen LogP contribution is 2.40. The lowest BCUT2D eigenvalue weighted by molar-refractivity contribution is 0.0989. The molecule has 1 aromatic heterocycles. The molecule has 2 amide bonds. The fourth-order valence-corrected chi connectivity index (χ4v) is 4.14. The number of ether oxygens (including phenoxy) is 1. The fraction of sp³-hybridized carbons (Fsp3) is 0.115. The first-order valence-corrected chi connectivity index (χ1v) is 10.9. The number of benzene rings is 3. The van der Waals surface area contributed by atoms with Crippen LogP contribution in [0.3, 0.4) is 0 Å². The summed E-state index contributed by atoms with van der Waals surface area (Å²) in [7, 11) is 1.70. The molecule has 0 atom stereocenters. The van der Waals surface area contributed by atoms with Gasteiger partial charge in [-0.2, -0.15) is 0 Å². The number of halogens is 1. The Balaban J connectivity index is 1.48. The van der Waals surface area contributed by atoms with Crippen molar-refractivity contribution < 1.29 is 18.8 Å². The largest absolute Gasteiger partial charge is 0.454 e. The Morgan fingerprint density at radius 3 is 2.56 bits per heavy atom. The fourth-order valence-electron chi connectivity index (χ4n) is 3.92. The van der Waals surface area contributed by atoms with E-state index in [9.17, 15) is 9.59 Å². The van der Waals surface area contributed by atoms with E-state index < -0.39 is 5.91 Å². The van der Waals surface area contributed by atoms with Gasteiger partial charge in [0.15, 0.2) is 5.75 Å². The Hall–Kier alpha value is -4.10. The minimum atomic E-state index is -0.428. The first-order valence-electron chi connectivity index (χ1n) is 10.6. The van der Waals surface area contributed by atoms with Crippen LogP contribution in [-0.4, -0.2) is 24.0 Å². The molecular weight excluding hydrogens is 454 g/mol. The van der Waals surface area contributed by atoms with Crippen LogP contribution < -0.4 is 15.0 Å². The van der Waals surface area contributed by atoms with Crippen molar-refractivity contribution in [2.24, 2.45) is 0 Å². The second-order valence-electron chi connectivity index (χ2n) is 8.04. The third-order valence-electron chi connectivity index (χ3n) is 5.69. The summed E-state index contributed by atoms with van der Waals surface area (Å²) in [5.41, 5.74) is 3.66. The summed E-state index contributed by atoms with van der Waals surface area (Å²) in [6.07, 6.45) is 0. The second-order valence-corrected chi connectivity index (χ2v) is 8.45. The zero-order valence-corrected chi connectivity index (χ0v) is 19.4. The van der Waals surface area contributed by atoms with Gasteiger partial charge in [0, 0.05) is 18.3 Å². The van der Waals surface area contributed by atoms with Gasteiger partial charge >= 0.3 is 0 Å². The van der Waals surface area contributed by atoms with Gasteiger partial charge in [0.1, 0.15) is 22.8 Å². The monoisotopic (exact) mass is 473 g/mol. The van der Waals surface area contributed by atoms with E-state index in [0.717, 1.165) is 5.56 Å². The molecule has 0 bridgehead atoms. The maximum atomic E-state index is 13.2. The van der Waals surface area contributed by atoms with Gasteiger partial charge in [-0.3, -0.25) is 9.59 Å². The smallest absolute Gasteiger partial charge is 0.261 e. The lowest BCUT2D eigenvalue weighted by Crippen LogP contribution is -2.25. The van der Waals surface area contributed by atoms with Crippen LogP contribution in [0.25, 0.3) is 11.3 Å². The van der Waals surface area contributed by atoms with E-state index in [2.05, 4.69) is 10.5 Å². The van der Waals surface area contributed by atoms with Gasteiger partial charge in [0.2, 0.25) is 0 Å². The van der Waals surface area contributed by atoms with Crippen LogP contribution >= 0.6 is 11.6 Å². The molecule has 0 aliphatic carbocycles. The van der Waals surface area contributed by atoms with Crippen molar-refractivity contribution in [3.63, 3.8) is 0 Å². The summed E-state index contributed by atoms with van der Waals surface area (Å²) in [6.45, 7) is 3.61. The minimum absolute atomic E-state index is 0.242. The van der Waals surface area contributed by atoms with Crippen LogP contribution in [0, 0.1) is 13.8 Å². The standard InChI is InChI=1S/C26H20ClN3O4/c1-14-8-10-22-20(12-14)30(3)26(32)18-13-16(9-11-21(18)33-22)28-25(31)23-15(2)34-29-24(23)17-6-4-5-7-19(17)27/h4-13H,1-3H3,(H,28,31). The van der Waals surface area contributed by atoms with E-state index in [-0.39, 0.29) is 11.5 Å². The molecule has 4 aromatic rings. The lowest BCUT2D eigenvalue weighted by Gasteiger charge is -2.16. The zero-order chi connectivity index (χ0) is 24.0. The van der Waals surface area contributed by atoms with Gasteiger partial charge in [0.05, 0.1) is 16.3 Å². The molecule has 0 unspecified atom stereocenters. The Labute approximate surface area is 200 Å². The predicted molar refractivity (Wildman–Crippen MR) is 130 cm³/mol. The van der Waals surface area contributed by atoms with E-state index in [1.807, 2.05) is 25.1 Å². The first-order chi connectivity index (χ1) is 16.3. The molecule has 7 nitrogen and oxygen atoms in total. The molecule has 1 aliphatic heterocycles. The Kier molecular flexibility index (Phi) is 5.34. The van der Waals surface area contributed by atoms with E-state index >= 15 is 0 Å². The summed E-state index contributed by atoms with van der Waals surface area (Å²) in [5.74, 6) is 0.681. The highest BCUT2D eigenvalue weighted by molar-refractivity contribution is 6.33. The van der Waals surface area contributed by atoms with Crippen molar-refractivity contribution in [3.05, 3.63) is 88.1 Å². The number of aromatic nitrogens is 1. The van der Waals surface area contributed by atoms with Gasteiger partial charge in [0.25, 0.3) is 11.8 Å². The van der Waals surface area contributed by atoms with Crippen molar-refractivity contribution in [1.29, 1.82) is 0 Å². The molecule has 0 saturated carbocycles. The average molecular weight is 474 g/mol. The zero-order valence-electron chi connectivity index (χ0n) is 18.7. The number of anilines is 2. The number of nitrogens with one attached hydrogen (secondary N) is 1. The number of rotatable bonds is 3. The van der Waals surface area contributed by atoms with Gasteiger partial charge in [-0.25, -0.2) is 0 Å². The van der Waals surface area contributed by atoms with Crippen LogP contribution in [0.2, 0.25) is 5.02 Å². The number of aryl methyl sites for hydroxylation is 2. The molecule has 5 rings (SSSR count). The molecule has 3 aromatic carbocycles. The quantitative estimate of drug-likeness (QED) is 0.380. The topological polar surface area (TPSA) is 84.7 Å². The number of nitrogens with zero attached hydrogens (tertiary/aromatic N) is 2. The lowest BCUT2D eigenvalue weighted by atomic mass is 10.1. The third kappa shape index (κ3) is 3.70. The molecule has 0 fully saturated rings. The molecule has 34 heavy (non-hydrogen) atoms. The molecular formula is C26H20ClN3O4. The number of carbonyl (C=O) groups is 2. The normalized spacial score (nSPS) is 12.5. The van der Waals surface area contributed by atoms with Gasteiger partial charge in [-0.1, -0.05) is 41.0 Å². The number of hydrogen-bond donors (Lipinski definition) is 1. The summed E-state index contributed by atoms with van der Waals surface area (Å²) in [5, 5.41) is 7.34.